The van der Waals surface area contributed by atoms with Gasteiger partial charge in [-0.05, 0) is 36.4 Å². The zero-order valence-corrected chi connectivity index (χ0v) is 17.3. The second-order valence-electron chi connectivity index (χ2n) is 6.85. The van der Waals surface area contributed by atoms with E-state index in [1.54, 1.807) is 53.4 Å². The van der Waals surface area contributed by atoms with Gasteiger partial charge in [0, 0.05) is 16.1 Å². The van der Waals surface area contributed by atoms with Crippen molar-refractivity contribution >= 4 is 41.2 Å². The molecule has 4 rings (SSSR count). The lowest BCUT2D eigenvalue weighted by Gasteiger charge is -2.15. The summed E-state index contributed by atoms with van der Waals surface area (Å²) in [4.78, 5) is 25.6. The van der Waals surface area contributed by atoms with E-state index in [2.05, 4.69) is 10.7 Å². The SMILES string of the molecule is O=C(N[C@H]1C(=O)N/[N+](=C\c2ccccc2Cl)[C@H]1c1ccc(Cl)cc1)c1ccccc1. The van der Waals surface area contributed by atoms with Crippen molar-refractivity contribution in [2.24, 2.45) is 0 Å². The van der Waals surface area contributed by atoms with Gasteiger partial charge in [0.05, 0.1) is 10.6 Å². The molecule has 0 bridgehead atoms. The highest BCUT2D eigenvalue weighted by atomic mass is 35.5. The summed E-state index contributed by atoms with van der Waals surface area (Å²) in [5.41, 5.74) is 4.88. The Bertz CT molecular complexity index is 1110. The lowest BCUT2D eigenvalue weighted by atomic mass is 10.00. The van der Waals surface area contributed by atoms with Crippen molar-refractivity contribution < 1.29 is 14.3 Å². The van der Waals surface area contributed by atoms with Gasteiger partial charge in [0.15, 0.2) is 6.04 Å². The third-order valence-corrected chi connectivity index (χ3v) is 5.45. The van der Waals surface area contributed by atoms with Crippen LogP contribution in [0.25, 0.3) is 0 Å². The van der Waals surface area contributed by atoms with Crippen molar-refractivity contribution in [2.75, 3.05) is 0 Å². The number of hydrogen-bond acceptors (Lipinski definition) is 2. The molecule has 3 aromatic rings. The quantitative estimate of drug-likeness (QED) is 0.604. The first-order valence-corrected chi connectivity index (χ1v) is 10.1. The average molecular weight is 439 g/mol. The molecule has 0 radical (unpaired) electrons. The molecular formula is C23H18Cl2N3O2+. The Morgan fingerprint density at radius 1 is 0.933 bits per heavy atom. The molecule has 3 aromatic carbocycles. The summed E-state index contributed by atoms with van der Waals surface area (Å²) in [6, 6.07) is 22.0. The van der Waals surface area contributed by atoms with Crippen LogP contribution in [0, 0.1) is 0 Å². The topological polar surface area (TPSA) is 61.2 Å². The lowest BCUT2D eigenvalue weighted by Crippen LogP contribution is -2.42. The van der Waals surface area contributed by atoms with Crippen molar-refractivity contribution in [3.05, 3.63) is 106 Å². The molecule has 2 atom stereocenters. The smallest absolute Gasteiger partial charge is 0.304 e. The van der Waals surface area contributed by atoms with Gasteiger partial charge < -0.3 is 5.32 Å². The molecule has 1 heterocycles. The molecule has 7 heteroatoms. The van der Waals surface area contributed by atoms with Crippen LogP contribution >= 0.6 is 23.2 Å². The van der Waals surface area contributed by atoms with Crippen molar-refractivity contribution in [3.63, 3.8) is 0 Å². The average Bonchev–Trinajstić information content (AvgIpc) is 3.05. The third kappa shape index (κ3) is 4.22. The Morgan fingerprint density at radius 2 is 1.60 bits per heavy atom. The Kier molecular flexibility index (Phi) is 5.84. The Balaban J connectivity index is 1.73. The number of carbonyl (C=O) groups excluding carboxylic acids is 2. The fraction of sp³-hybridized carbons (Fsp3) is 0.0870. The van der Waals surface area contributed by atoms with Gasteiger partial charge in [-0.3, -0.25) is 9.59 Å². The number of nitrogens with zero attached hydrogens (tertiary/aromatic N) is 1. The Hall–Kier alpha value is -3.15. The summed E-state index contributed by atoms with van der Waals surface area (Å²) >= 11 is 12.3. The molecule has 0 aromatic heterocycles. The van der Waals surface area contributed by atoms with E-state index < -0.39 is 12.1 Å². The van der Waals surface area contributed by atoms with Gasteiger partial charge in [0.2, 0.25) is 12.3 Å². The lowest BCUT2D eigenvalue weighted by molar-refractivity contribution is -0.596. The molecule has 30 heavy (non-hydrogen) atoms. The van der Waals surface area contributed by atoms with Crippen LogP contribution in [0.1, 0.15) is 27.5 Å². The summed E-state index contributed by atoms with van der Waals surface area (Å²) in [6.45, 7) is 0. The van der Waals surface area contributed by atoms with Gasteiger partial charge in [-0.15, -0.1) is 10.1 Å². The molecule has 0 spiro atoms. The van der Waals surface area contributed by atoms with Crippen LogP contribution in [0.15, 0.2) is 78.9 Å². The van der Waals surface area contributed by atoms with Crippen molar-refractivity contribution in [3.8, 4) is 0 Å². The number of carbonyl (C=O) groups is 2. The van der Waals surface area contributed by atoms with E-state index in [9.17, 15) is 9.59 Å². The number of benzene rings is 3. The number of hydrazine groups is 1. The molecule has 150 valence electrons. The summed E-state index contributed by atoms with van der Waals surface area (Å²) < 4.78 is 1.67. The van der Waals surface area contributed by atoms with E-state index in [4.69, 9.17) is 23.2 Å². The number of amides is 2. The largest absolute Gasteiger partial charge is 0.334 e. The van der Waals surface area contributed by atoms with Crippen LogP contribution in [0.5, 0.6) is 0 Å². The Morgan fingerprint density at radius 3 is 2.30 bits per heavy atom. The molecule has 1 aliphatic rings. The van der Waals surface area contributed by atoms with E-state index in [0.29, 0.717) is 15.6 Å². The van der Waals surface area contributed by atoms with Crippen LogP contribution in [0.4, 0.5) is 0 Å². The number of halogens is 2. The van der Waals surface area contributed by atoms with Crippen molar-refractivity contribution in [1.82, 2.24) is 10.7 Å². The van der Waals surface area contributed by atoms with Gasteiger partial charge in [-0.1, -0.05) is 65.7 Å². The molecule has 0 saturated carbocycles. The van der Waals surface area contributed by atoms with E-state index >= 15 is 0 Å². The molecule has 2 amide bonds. The molecule has 1 saturated heterocycles. The highest BCUT2D eigenvalue weighted by molar-refractivity contribution is 6.33. The van der Waals surface area contributed by atoms with E-state index in [1.807, 2.05) is 36.4 Å². The first-order valence-electron chi connectivity index (χ1n) is 9.32. The van der Waals surface area contributed by atoms with E-state index in [0.717, 1.165) is 11.1 Å². The van der Waals surface area contributed by atoms with Gasteiger partial charge >= 0.3 is 5.91 Å². The second-order valence-corrected chi connectivity index (χ2v) is 7.69. The maximum Gasteiger partial charge on any atom is 0.304 e. The van der Waals surface area contributed by atoms with Crippen LogP contribution < -0.4 is 10.7 Å². The summed E-state index contributed by atoms with van der Waals surface area (Å²) in [5.74, 6) is -0.642. The number of nitrogens with one attached hydrogen (secondary N) is 2. The van der Waals surface area contributed by atoms with Crippen LogP contribution in [-0.2, 0) is 4.79 Å². The van der Waals surface area contributed by atoms with Gasteiger partial charge in [0.25, 0.3) is 5.91 Å². The minimum Gasteiger partial charge on any atom is -0.334 e. The maximum atomic E-state index is 12.8. The fourth-order valence-corrected chi connectivity index (χ4v) is 3.69. The number of hydrazone groups is 1. The predicted molar refractivity (Wildman–Crippen MR) is 117 cm³/mol. The first-order chi connectivity index (χ1) is 14.5. The molecule has 5 nitrogen and oxygen atoms in total. The van der Waals surface area contributed by atoms with Crippen molar-refractivity contribution in [2.45, 2.75) is 12.1 Å². The van der Waals surface area contributed by atoms with Gasteiger partial charge in [-0.2, -0.15) is 0 Å². The fourth-order valence-electron chi connectivity index (χ4n) is 3.38. The maximum absolute atomic E-state index is 12.8. The normalized spacial score (nSPS) is 19.5. The first kappa shape index (κ1) is 20.1. The van der Waals surface area contributed by atoms with E-state index in [-0.39, 0.29) is 11.8 Å². The zero-order valence-electron chi connectivity index (χ0n) is 15.8. The van der Waals surface area contributed by atoms with Crippen LogP contribution in [0.2, 0.25) is 10.0 Å². The van der Waals surface area contributed by atoms with Crippen LogP contribution in [0.3, 0.4) is 0 Å². The molecule has 0 unspecified atom stereocenters. The molecule has 2 N–H and O–H groups in total. The van der Waals surface area contributed by atoms with E-state index in [1.165, 1.54) is 0 Å². The Labute approximate surface area is 183 Å². The monoisotopic (exact) mass is 438 g/mol. The van der Waals surface area contributed by atoms with Crippen molar-refractivity contribution in [1.29, 1.82) is 0 Å². The zero-order chi connectivity index (χ0) is 21.1. The molecule has 1 fully saturated rings. The summed E-state index contributed by atoms with van der Waals surface area (Å²) in [5, 5.41) is 4.00. The van der Waals surface area contributed by atoms with Crippen LogP contribution in [-0.4, -0.2) is 28.8 Å². The predicted octanol–water partition coefficient (Wildman–Crippen LogP) is 4.01. The molecule has 1 aliphatic heterocycles. The highest BCUT2D eigenvalue weighted by Crippen LogP contribution is 2.27. The second kappa shape index (κ2) is 8.69. The molecule has 0 aliphatic carbocycles. The number of rotatable bonds is 4. The molecular weight excluding hydrogens is 421 g/mol. The highest BCUT2D eigenvalue weighted by Gasteiger charge is 2.47. The third-order valence-electron chi connectivity index (χ3n) is 4.85. The standard InChI is InChI=1S/C23H17Cl2N3O2/c24-18-12-10-15(11-13-18)21-20(26-22(29)16-6-2-1-3-7-16)23(30)27-28(21)14-17-8-4-5-9-19(17)25/h1-14,20-21H,(H-,26,27,29,30)/p+1/b28-14-/t20-,21+/m1/s1. The minimum atomic E-state index is -0.808. The summed E-state index contributed by atoms with van der Waals surface area (Å²) in [6.07, 6.45) is 1.76. The minimum absolute atomic E-state index is 0.317. The van der Waals surface area contributed by atoms with Gasteiger partial charge in [0.1, 0.15) is 0 Å². The number of hydrogen-bond donors (Lipinski definition) is 2. The summed E-state index contributed by atoms with van der Waals surface area (Å²) in [7, 11) is 0. The van der Waals surface area contributed by atoms with Gasteiger partial charge in [-0.25, -0.2) is 0 Å².